The van der Waals surface area contributed by atoms with Crippen LogP contribution in [0.25, 0.3) is 5.65 Å². The van der Waals surface area contributed by atoms with Gasteiger partial charge in [-0.3, -0.25) is 14.3 Å². The number of piperidine rings is 1. The molecule has 1 saturated heterocycles. The Morgan fingerprint density at radius 1 is 1.25 bits per heavy atom. The second-order valence-corrected chi connectivity index (χ2v) is 10.8. The molecule has 0 aliphatic carbocycles. The lowest BCUT2D eigenvalue weighted by Gasteiger charge is -2.35. The number of rotatable bonds is 4. The zero-order chi connectivity index (χ0) is 23.2. The minimum atomic E-state index is -3.56. The number of nitrogens with one attached hydrogen (secondary N) is 2. The van der Waals surface area contributed by atoms with Crippen molar-refractivity contribution < 1.29 is 13.2 Å². The first-order valence-corrected chi connectivity index (χ1v) is 12.9. The SMILES string of the molecule is Cc1[nH]c2cc([C@@H]3CCCCN3C(=O)c3cc(Br)ccc3NS(C)(=O)=O)nn2c(=O)c1C. The van der Waals surface area contributed by atoms with Crippen molar-refractivity contribution in [2.45, 2.75) is 39.2 Å². The number of carbonyl (C=O) groups is 1. The van der Waals surface area contributed by atoms with Crippen LogP contribution in [0.3, 0.4) is 0 Å². The maximum absolute atomic E-state index is 13.6. The van der Waals surface area contributed by atoms with Crippen LogP contribution in [0, 0.1) is 13.8 Å². The molecule has 0 spiro atoms. The van der Waals surface area contributed by atoms with Gasteiger partial charge in [0.05, 0.1) is 29.2 Å². The Morgan fingerprint density at radius 2 is 2.00 bits per heavy atom. The lowest BCUT2D eigenvalue weighted by Crippen LogP contribution is -2.39. The topological polar surface area (TPSA) is 117 Å². The smallest absolute Gasteiger partial charge is 0.277 e. The molecule has 4 rings (SSSR count). The predicted molar refractivity (Wildman–Crippen MR) is 126 cm³/mol. The number of halogens is 1. The molecule has 1 aliphatic rings. The van der Waals surface area contributed by atoms with Crippen LogP contribution >= 0.6 is 15.9 Å². The van der Waals surface area contributed by atoms with E-state index in [0.717, 1.165) is 24.8 Å². The number of sulfonamides is 1. The summed E-state index contributed by atoms with van der Waals surface area (Å²) in [7, 11) is -3.56. The zero-order valence-electron chi connectivity index (χ0n) is 18.0. The Bertz CT molecular complexity index is 1380. The van der Waals surface area contributed by atoms with E-state index in [-0.39, 0.29) is 28.8 Å². The Balaban J connectivity index is 1.76. The second kappa shape index (κ2) is 8.36. The monoisotopic (exact) mass is 521 g/mol. The number of H-pyrrole nitrogens is 1. The molecule has 3 aromatic rings. The number of aromatic nitrogens is 3. The van der Waals surface area contributed by atoms with Crippen molar-refractivity contribution >= 4 is 43.2 Å². The van der Waals surface area contributed by atoms with Gasteiger partial charge in [0.1, 0.15) is 5.65 Å². The fraction of sp³-hybridized carbons (Fsp3) is 0.381. The lowest BCUT2D eigenvalue weighted by molar-refractivity contribution is 0.0606. The zero-order valence-corrected chi connectivity index (χ0v) is 20.4. The standard InChI is InChI=1S/C21H24BrN5O4S/c1-12-13(2)23-19-11-17(24-27(19)20(12)28)18-6-4-5-9-26(18)21(29)15-10-14(22)7-8-16(15)25-32(3,30)31/h7-8,10-11,18,23,25H,4-6,9H2,1-3H3/t18-/m0/s1. The number of aromatic amines is 1. The number of hydrogen-bond acceptors (Lipinski definition) is 5. The minimum Gasteiger partial charge on any atom is -0.343 e. The van der Waals surface area contributed by atoms with Gasteiger partial charge in [0.25, 0.3) is 11.5 Å². The molecule has 0 unspecified atom stereocenters. The highest BCUT2D eigenvalue weighted by Gasteiger charge is 2.32. The summed E-state index contributed by atoms with van der Waals surface area (Å²) in [6.45, 7) is 4.09. The first-order valence-electron chi connectivity index (χ1n) is 10.2. The highest BCUT2D eigenvalue weighted by Crippen LogP contribution is 2.33. The number of benzene rings is 1. The van der Waals surface area contributed by atoms with E-state index in [9.17, 15) is 18.0 Å². The molecule has 0 saturated carbocycles. The van der Waals surface area contributed by atoms with E-state index in [4.69, 9.17) is 0 Å². The Hall–Kier alpha value is -2.66. The van der Waals surface area contributed by atoms with Crippen molar-refractivity contribution in [2.24, 2.45) is 0 Å². The molecule has 1 fully saturated rings. The largest absolute Gasteiger partial charge is 0.343 e. The number of fused-ring (bicyclic) bond motifs is 1. The van der Waals surface area contributed by atoms with E-state index < -0.39 is 10.0 Å². The number of amides is 1. The summed E-state index contributed by atoms with van der Waals surface area (Å²) in [5.41, 5.74) is 2.86. The average Bonchev–Trinajstić information content (AvgIpc) is 3.16. The fourth-order valence-corrected chi connectivity index (χ4v) is 4.97. The molecule has 9 nitrogen and oxygen atoms in total. The molecular formula is C21H24BrN5O4S. The Labute approximate surface area is 194 Å². The maximum Gasteiger partial charge on any atom is 0.277 e. The van der Waals surface area contributed by atoms with Gasteiger partial charge in [-0.2, -0.15) is 9.61 Å². The molecule has 11 heteroatoms. The van der Waals surface area contributed by atoms with Gasteiger partial charge in [0.15, 0.2) is 0 Å². The summed E-state index contributed by atoms with van der Waals surface area (Å²) in [4.78, 5) is 31.1. The van der Waals surface area contributed by atoms with Gasteiger partial charge in [-0.1, -0.05) is 15.9 Å². The van der Waals surface area contributed by atoms with Gasteiger partial charge >= 0.3 is 0 Å². The number of nitrogens with zero attached hydrogens (tertiary/aromatic N) is 3. The molecule has 0 bridgehead atoms. The van der Waals surface area contributed by atoms with Crippen molar-refractivity contribution in [1.82, 2.24) is 19.5 Å². The summed E-state index contributed by atoms with van der Waals surface area (Å²) in [5, 5.41) is 4.52. The van der Waals surface area contributed by atoms with Crippen molar-refractivity contribution in [3.63, 3.8) is 0 Å². The van der Waals surface area contributed by atoms with E-state index in [0.29, 0.717) is 34.3 Å². The van der Waals surface area contributed by atoms with Gasteiger partial charge < -0.3 is 9.88 Å². The number of likely N-dealkylation sites (tertiary alicyclic amines) is 1. The molecule has 1 aliphatic heterocycles. The van der Waals surface area contributed by atoms with E-state index in [1.807, 2.05) is 6.92 Å². The van der Waals surface area contributed by atoms with Gasteiger partial charge in [-0.15, -0.1) is 0 Å². The van der Waals surface area contributed by atoms with Crippen LogP contribution in [-0.4, -0.2) is 46.6 Å². The molecule has 2 N–H and O–H groups in total. The molecule has 0 radical (unpaired) electrons. The minimum absolute atomic E-state index is 0.192. The number of hydrogen-bond donors (Lipinski definition) is 2. The summed E-state index contributed by atoms with van der Waals surface area (Å²) in [6, 6.07) is 6.33. The van der Waals surface area contributed by atoms with Crippen LogP contribution in [0.2, 0.25) is 0 Å². The van der Waals surface area contributed by atoms with Crippen molar-refractivity contribution in [2.75, 3.05) is 17.5 Å². The van der Waals surface area contributed by atoms with Gasteiger partial charge in [-0.25, -0.2) is 8.42 Å². The van der Waals surface area contributed by atoms with Crippen molar-refractivity contribution in [3.05, 3.63) is 61.6 Å². The fourth-order valence-electron chi connectivity index (χ4n) is 4.03. The summed E-state index contributed by atoms with van der Waals surface area (Å²) >= 11 is 3.37. The van der Waals surface area contributed by atoms with E-state index in [1.165, 1.54) is 4.52 Å². The van der Waals surface area contributed by atoms with Gasteiger partial charge in [-0.05, 0) is 51.3 Å². The molecule has 1 aromatic carbocycles. The molecule has 2 aromatic heterocycles. The normalized spacial score (nSPS) is 17.0. The van der Waals surface area contributed by atoms with E-state index in [2.05, 4.69) is 30.7 Å². The van der Waals surface area contributed by atoms with Crippen molar-refractivity contribution in [1.29, 1.82) is 0 Å². The number of aryl methyl sites for hydroxylation is 1. The van der Waals surface area contributed by atoms with Gasteiger partial charge in [0, 0.05) is 28.3 Å². The molecule has 1 amide bonds. The summed E-state index contributed by atoms with van der Waals surface area (Å²) in [6.07, 6.45) is 3.49. The first-order chi connectivity index (χ1) is 15.0. The Morgan fingerprint density at radius 3 is 2.72 bits per heavy atom. The summed E-state index contributed by atoms with van der Waals surface area (Å²) < 4.78 is 28.1. The number of carbonyl (C=O) groups excluding carboxylic acids is 1. The van der Waals surface area contributed by atoms with Gasteiger partial charge in [0.2, 0.25) is 10.0 Å². The molecule has 32 heavy (non-hydrogen) atoms. The molecular weight excluding hydrogens is 498 g/mol. The van der Waals surface area contributed by atoms with Crippen LogP contribution in [-0.2, 0) is 10.0 Å². The molecule has 1 atom stereocenters. The average molecular weight is 522 g/mol. The van der Waals surface area contributed by atoms with Crippen LogP contribution in [0.4, 0.5) is 5.69 Å². The van der Waals surface area contributed by atoms with E-state index >= 15 is 0 Å². The van der Waals surface area contributed by atoms with Crippen LogP contribution in [0.15, 0.2) is 33.5 Å². The molecule has 170 valence electrons. The van der Waals surface area contributed by atoms with Crippen molar-refractivity contribution in [3.8, 4) is 0 Å². The second-order valence-electron chi connectivity index (χ2n) is 8.12. The third kappa shape index (κ3) is 4.31. The molecule has 3 heterocycles. The maximum atomic E-state index is 13.6. The highest BCUT2D eigenvalue weighted by atomic mass is 79.9. The quantitative estimate of drug-likeness (QED) is 0.546. The van der Waals surface area contributed by atoms with E-state index in [1.54, 1.807) is 36.1 Å². The summed E-state index contributed by atoms with van der Waals surface area (Å²) in [5.74, 6) is -0.294. The first kappa shape index (κ1) is 22.5. The van der Waals surface area contributed by atoms with Crippen LogP contribution in [0.5, 0.6) is 0 Å². The lowest BCUT2D eigenvalue weighted by atomic mass is 9.98. The third-order valence-corrected chi connectivity index (χ3v) is 6.82. The highest BCUT2D eigenvalue weighted by molar-refractivity contribution is 9.10. The number of anilines is 1. The Kier molecular flexibility index (Phi) is 5.89. The third-order valence-electron chi connectivity index (χ3n) is 5.73. The van der Waals surface area contributed by atoms with Crippen LogP contribution in [0.1, 0.15) is 52.6 Å². The van der Waals surface area contributed by atoms with Crippen LogP contribution < -0.4 is 10.3 Å². The predicted octanol–water partition coefficient (Wildman–Crippen LogP) is 3.14.